The molecule has 0 aromatic rings. The maximum Gasteiger partial charge on any atom is 0.00951 e. The number of nitrogens with one attached hydrogen (secondary N) is 1. The average Bonchev–Trinajstić information content (AvgIpc) is 2.04. The first-order valence-corrected chi connectivity index (χ1v) is 4.99. The molecule has 1 heterocycles. The molecular formula is C10H21N. The molecular weight excluding hydrogens is 134 g/mol. The number of hydrogen-bond donors (Lipinski definition) is 1. The molecule has 1 saturated heterocycles. The van der Waals surface area contributed by atoms with E-state index in [1.165, 1.54) is 25.8 Å². The Labute approximate surface area is 70.6 Å². The second kappa shape index (κ2) is 4.10. The van der Waals surface area contributed by atoms with Gasteiger partial charge in [-0.25, -0.2) is 0 Å². The molecule has 0 aromatic carbocycles. The zero-order valence-corrected chi connectivity index (χ0v) is 8.06. The standard InChI is InChI=1S/C10H21N/c1-4-10-9(8(2)3)6-5-7-11-10/h8-11H,4-7H2,1-3H3. The molecule has 0 aromatic heterocycles. The molecule has 0 bridgehead atoms. The molecule has 1 rings (SSSR count). The highest BCUT2D eigenvalue weighted by atomic mass is 14.9. The monoisotopic (exact) mass is 155 g/mol. The lowest BCUT2D eigenvalue weighted by Gasteiger charge is -2.34. The van der Waals surface area contributed by atoms with E-state index in [1.807, 2.05) is 0 Å². The summed E-state index contributed by atoms with van der Waals surface area (Å²) in [5.41, 5.74) is 0. The number of hydrogen-bond acceptors (Lipinski definition) is 1. The fraction of sp³-hybridized carbons (Fsp3) is 1.00. The van der Waals surface area contributed by atoms with Crippen LogP contribution in [0.2, 0.25) is 0 Å². The largest absolute Gasteiger partial charge is 0.314 e. The second-order valence-electron chi connectivity index (χ2n) is 4.02. The van der Waals surface area contributed by atoms with E-state index in [-0.39, 0.29) is 0 Å². The van der Waals surface area contributed by atoms with Crippen molar-refractivity contribution < 1.29 is 0 Å². The van der Waals surface area contributed by atoms with Gasteiger partial charge in [0.25, 0.3) is 0 Å². The van der Waals surface area contributed by atoms with Gasteiger partial charge in [0.05, 0.1) is 0 Å². The van der Waals surface area contributed by atoms with E-state index in [4.69, 9.17) is 0 Å². The van der Waals surface area contributed by atoms with E-state index in [2.05, 4.69) is 26.1 Å². The van der Waals surface area contributed by atoms with Crippen LogP contribution >= 0.6 is 0 Å². The van der Waals surface area contributed by atoms with Crippen molar-refractivity contribution in [1.29, 1.82) is 0 Å². The van der Waals surface area contributed by atoms with Crippen molar-refractivity contribution in [2.45, 2.75) is 46.1 Å². The molecule has 1 aliphatic heterocycles. The van der Waals surface area contributed by atoms with Crippen LogP contribution < -0.4 is 5.32 Å². The van der Waals surface area contributed by atoms with Crippen LogP contribution in [0.3, 0.4) is 0 Å². The van der Waals surface area contributed by atoms with Gasteiger partial charge in [-0.15, -0.1) is 0 Å². The predicted molar refractivity (Wildman–Crippen MR) is 49.6 cm³/mol. The first kappa shape index (κ1) is 9.05. The highest BCUT2D eigenvalue weighted by Crippen LogP contribution is 2.25. The van der Waals surface area contributed by atoms with Gasteiger partial charge in [-0.1, -0.05) is 20.8 Å². The lowest BCUT2D eigenvalue weighted by molar-refractivity contribution is 0.214. The molecule has 1 N–H and O–H groups in total. The van der Waals surface area contributed by atoms with Gasteiger partial charge in [-0.05, 0) is 37.6 Å². The Kier molecular flexibility index (Phi) is 3.38. The molecule has 11 heavy (non-hydrogen) atoms. The fourth-order valence-electron chi connectivity index (χ4n) is 2.22. The zero-order valence-electron chi connectivity index (χ0n) is 8.06. The van der Waals surface area contributed by atoms with Crippen LogP contribution in [0, 0.1) is 11.8 Å². The molecule has 1 nitrogen and oxygen atoms in total. The summed E-state index contributed by atoms with van der Waals surface area (Å²) in [6.45, 7) is 8.22. The maximum absolute atomic E-state index is 3.60. The van der Waals surface area contributed by atoms with Gasteiger partial charge in [0.2, 0.25) is 0 Å². The molecule has 0 aliphatic carbocycles. The molecule has 2 unspecified atom stereocenters. The van der Waals surface area contributed by atoms with Crippen molar-refractivity contribution in [3.05, 3.63) is 0 Å². The third-order valence-electron chi connectivity index (χ3n) is 2.93. The highest BCUT2D eigenvalue weighted by Gasteiger charge is 2.25. The smallest absolute Gasteiger partial charge is 0.00951 e. The fourth-order valence-corrected chi connectivity index (χ4v) is 2.22. The van der Waals surface area contributed by atoms with Gasteiger partial charge in [0.1, 0.15) is 0 Å². The van der Waals surface area contributed by atoms with Crippen LogP contribution in [0.5, 0.6) is 0 Å². The predicted octanol–water partition coefficient (Wildman–Crippen LogP) is 2.42. The summed E-state index contributed by atoms with van der Waals surface area (Å²) in [5, 5.41) is 3.60. The average molecular weight is 155 g/mol. The Morgan fingerprint density at radius 1 is 1.45 bits per heavy atom. The first-order valence-electron chi connectivity index (χ1n) is 4.99. The molecule has 0 saturated carbocycles. The SMILES string of the molecule is CCC1NCCCC1C(C)C. The maximum atomic E-state index is 3.60. The summed E-state index contributed by atoms with van der Waals surface area (Å²) >= 11 is 0. The number of rotatable bonds is 2. The van der Waals surface area contributed by atoms with Crippen LogP contribution in [-0.2, 0) is 0 Å². The third kappa shape index (κ3) is 2.19. The van der Waals surface area contributed by atoms with Crippen molar-refractivity contribution in [1.82, 2.24) is 5.32 Å². The van der Waals surface area contributed by atoms with Crippen LogP contribution in [0.15, 0.2) is 0 Å². The topological polar surface area (TPSA) is 12.0 Å². The Morgan fingerprint density at radius 2 is 2.18 bits per heavy atom. The second-order valence-corrected chi connectivity index (χ2v) is 4.02. The van der Waals surface area contributed by atoms with Crippen LogP contribution in [0.25, 0.3) is 0 Å². The summed E-state index contributed by atoms with van der Waals surface area (Å²) in [7, 11) is 0. The quantitative estimate of drug-likeness (QED) is 0.645. The van der Waals surface area contributed by atoms with E-state index in [1.54, 1.807) is 0 Å². The summed E-state index contributed by atoms with van der Waals surface area (Å²) < 4.78 is 0. The van der Waals surface area contributed by atoms with E-state index in [0.29, 0.717) is 0 Å². The molecule has 1 fully saturated rings. The Morgan fingerprint density at radius 3 is 2.64 bits per heavy atom. The van der Waals surface area contributed by atoms with Gasteiger partial charge in [-0.3, -0.25) is 0 Å². The Hall–Kier alpha value is -0.0400. The molecule has 1 aliphatic rings. The van der Waals surface area contributed by atoms with E-state index in [9.17, 15) is 0 Å². The summed E-state index contributed by atoms with van der Waals surface area (Å²) in [4.78, 5) is 0. The normalized spacial score (nSPS) is 32.7. The zero-order chi connectivity index (χ0) is 8.27. The van der Waals surface area contributed by atoms with Crippen molar-refractivity contribution in [3.8, 4) is 0 Å². The van der Waals surface area contributed by atoms with Crippen LogP contribution in [-0.4, -0.2) is 12.6 Å². The molecule has 1 heteroatoms. The van der Waals surface area contributed by atoms with Crippen LogP contribution in [0.4, 0.5) is 0 Å². The van der Waals surface area contributed by atoms with Gasteiger partial charge in [-0.2, -0.15) is 0 Å². The molecule has 66 valence electrons. The molecule has 0 radical (unpaired) electrons. The molecule has 0 spiro atoms. The minimum absolute atomic E-state index is 0.795. The van der Waals surface area contributed by atoms with Crippen molar-refractivity contribution >= 4 is 0 Å². The Balaban J connectivity index is 2.44. The van der Waals surface area contributed by atoms with Crippen LogP contribution in [0.1, 0.15) is 40.0 Å². The minimum atomic E-state index is 0.795. The third-order valence-corrected chi connectivity index (χ3v) is 2.93. The number of piperidine rings is 1. The van der Waals surface area contributed by atoms with Gasteiger partial charge < -0.3 is 5.32 Å². The lowest BCUT2D eigenvalue weighted by atomic mass is 9.81. The molecule has 2 atom stereocenters. The minimum Gasteiger partial charge on any atom is -0.314 e. The van der Waals surface area contributed by atoms with Crippen molar-refractivity contribution in [2.75, 3.05) is 6.54 Å². The Bertz CT molecular complexity index is 109. The van der Waals surface area contributed by atoms with E-state index < -0.39 is 0 Å². The van der Waals surface area contributed by atoms with Crippen molar-refractivity contribution in [3.63, 3.8) is 0 Å². The first-order chi connectivity index (χ1) is 5.25. The highest BCUT2D eigenvalue weighted by molar-refractivity contribution is 4.81. The van der Waals surface area contributed by atoms with E-state index in [0.717, 1.165) is 17.9 Å². The van der Waals surface area contributed by atoms with E-state index >= 15 is 0 Å². The van der Waals surface area contributed by atoms with Crippen molar-refractivity contribution in [2.24, 2.45) is 11.8 Å². The summed E-state index contributed by atoms with van der Waals surface area (Å²) in [6.07, 6.45) is 4.10. The summed E-state index contributed by atoms with van der Waals surface area (Å²) in [5.74, 6) is 1.78. The van der Waals surface area contributed by atoms with Gasteiger partial charge in [0, 0.05) is 6.04 Å². The summed E-state index contributed by atoms with van der Waals surface area (Å²) in [6, 6.07) is 0.795. The molecule has 0 amide bonds. The lowest BCUT2D eigenvalue weighted by Crippen LogP contribution is -2.42. The van der Waals surface area contributed by atoms with Gasteiger partial charge >= 0.3 is 0 Å². The van der Waals surface area contributed by atoms with Gasteiger partial charge in [0.15, 0.2) is 0 Å².